The Labute approximate surface area is 141 Å². The van der Waals surface area contributed by atoms with Gasteiger partial charge in [0.05, 0.1) is 22.4 Å². The summed E-state index contributed by atoms with van der Waals surface area (Å²) in [5.41, 5.74) is 2.19. The Morgan fingerprint density at radius 1 is 1.35 bits per heavy atom. The third-order valence-electron chi connectivity index (χ3n) is 3.08. The molecule has 1 aromatic carbocycles. The number of hydrogen-bond donors (Lipinski definition) is 1. The van der Waals surface area contributed by atoms with Crippen LogP contribution in [0.15, 0.2) is 33.3 Å². The number of benzene rings is 1. The molecule has 0 saturated heterocycles. The lowest BCUT2D eigenvalue weighted by atomic mass is 10.0. The maximum atomic E-state index is 6.15. The number of halogens is 3. The molecule has 0 fully saturated rings. The van der Waals surface area contributed by atoms with E-state index in [-0.39, 0.29) is 6.04 Å². The summed E-state index contributed by atoms with van der Waals surface area (Å²) in [6.07, 6.45) is 2.87. The third-order valence-corrected chi connectivity index (χ3v) is 4.65. The van der Waals surface area contributed by atoms with Crippen LogP contribution in [0, 0.1) is 0 Å². The van der Waals surface area contributed by atoms with Gasteiger partial charge in [0, 0.05) is 16.5 Å². The minimum absolute atomic E-state index is 0.0323. The molecule has 20 heavy (non-hydrogen) atoms. The van der Waals surface area contributed by atoms with Gasteiger partial charge in [-0.15, -0.1) is 0 Å². The van der Waals surface area contributed by atoms with Crippen LogP contribution < -0.4 is 5.32 Å². The molecule has 1 heterocycles. The molecule has 1 aromatic heterocycles. The lowest BCUT2D eigenvalue weighted by molar-refractivity contribution is 0.550. The van der Waals surface area contributed by atoms with Gasteiger partial charge in [0.1, 0.15) is 0 Å². The average molecular weight is 422 g/mol. The van der Waals surface area contributed by atoms with Gasteiger partial charge in [-0.25, -0.2) is 0 Å². The molecule has 0 aliphatic carbocycles. The van der Waals surface area contributed by atoms with E-state index >= 15 is 0 Å². The number of aryl methyl sites for hydroxylation is 1. The van der Waals surface area contributed by atoms with Gasteiger partial charge in [0.2, 0.25) is 0 Å². The minimum atomic E-state index is 0.0323. The van der Waals surface area contributed by atoms with Gasteiger partial charge in [-0.2, -0.15) is 5.10 Å². The van der Waals surface area contributed by atoms with Crippen molar-refractivity contribution in [3.8, 4) is 0 Å². The zero-order valence-corrected chi connectivity index (χ0v) is 15.3. The summed E-state index contributed by atoms with van der Waals surface area (Å²) in [4.78, 5) is 0. The first-order valence-electron chi connectivity index (χ1n) is 6.40. The fourth-order valence-electron chi connectivity index (χ4n) is 2.12. The van der Waals surface area contributed by atoms with Crippen molar-refractivity contribution in [2.45, 2.75) is 19.4 Å². The van der Waals surface area contributed by atoms with Crippen LogP contribution in [0.5, 0.6) is 0 Å². The van der Waals surface area contributed by atoms with Crippen LogP contribution in [0.1, 0.15) is 30.6 Å². The highest BCUT2D eigenvalue weighted by Crippen LogP contribution is 2.33. The number of hydrogen-bond acceptors (Lipinski definition) is 2. The summed E-state index contributed by atoms with van der Waals surface area (Å²) in [6, 6.07) is 5.87. The first kappa shape index (κ1) is 16.0. The SMILES string of the molecule is CCCNC(c1cc(Cl)ccc1Br)c1c(Br)cnn1C. The van der Waals surface area contributed by atoms with Crippen LogP contribution >= 0.6 is 43.5 Å². The van der Waals surface area contributed by atoms with E-state index in [1.54, 1.807) is 0 Å². The highest BCUT2D eigenvalue weighted by molar-refractivity contribution is 9.10. The van der Waals surface area contributed by atoms with Gasteiger partial charge in [-0.05, 0) is 52.7 Å². The van der Waals surface area contributed by atoms with Gasteiger partial charge < -0.3 is 5.32 Å². The maximum absolute atomic E-state index is 6.15. The van der Waals surface area contributed by atoms with E-state index in [0.29, 0.717) is 0 Å². The number of nitrogens with one attached hydrogen (secondary N) is 1. The second-order valence-corrected chi connectivity index (χ2v) is 6.70. The molecule has 3 nitrogen and oxygen atoms in total. The number of rotatable bonds is 5. The Kier molecular flexibility index (Phi) is 5.66. The van der Waals surface area contributed by atoms with Gasteiger partial charge in [0.15, 0.2) is 0 Å². The molecule has 1 atom stereocenters. The molecule has 1 N–H and O–H groups in total. The number of aromatic nitrogens is 2. The molecule has 108 valence electrons. The quantitative estimate of drug-likeness (QED) is 0.759. The molecule has 6 heteroatoms. The first-order chi connectivity index (χ1) is 9.54. The third kappa shape index (κ3) is 3.45. The van der Waals surface area contributed by atoms with E-state index in [0.717, 1.165) is 38.2 Å². The molecular formula is C14H16Br2ClN3. The molecule has 2 aromatic rings. The van der Waals surface area contributed by atoms with Crippen molar-refractivity contribution in [3.63, 3.8) is 0 Å². The van der Waals surface area contributed by atoms with Crippen molar-refractivity contribution in [1.82, 2.24) is 15.1 Å². The first-order valence-corrected chi connectivity index (χ1v) is 8.36. The molecule has 0 radical (unpaired) electrons. The fourth-order valence-corrected chi connectivity index (χ4v) is 3.36. The van der Waals surface area contributed by atoms with E-state index in [1.165, 1.54) is 0 Å². The van der Waals surface area contributed by atoms with Crippen LogP contribution in [0.4, 0.5) is 0 Å². The highest BCUT2D eigenvalue weighted by Gasteiger charge is 2.22. The van der Waals surface area contributed by atoms with Crippen LogP contribution in [-0.4, -0.2) is 16.3 Å². The Hall–Kier alpha value is -0.360. The molecule has 0 saturated carbocycles. The van der Waals surface area contributed by atoms with Crippen molar-refractivity contribution < 1.29 is 0 Å². The molecule has 1 unspecified atom stereocenters. The van der Waals surface area contributed by atoms with Crippen molar-refractivity contribution in [3.05, 3.63) is 49.6 Å². The van der Waals surface area contributed by atoms with Crippen LogP contribution in [0.2, 0.25) is 5.02 Å². The maximum Gasteiger partial charge on any atom is 0.0771 e. The molecule has 0 amide bonds. The summed E-state index contributed by atoms with van der Waals surface area (Å²) in [5.74, 6) is 0. The number of nitrogens with zero attached hydrogens (tertiary/aromatic N) is 2. The van der Waals surface area contributed by atoms with Crippen LogP contribution in [0.3, 0.4) is 0 Å². The largest absolute Gasteiger partial charge is 0.305 e. The zero-order valence-electron chi connectivity index (χ0n) is 11.3. The lowest BCUT2D eigenvalue weighted by Crippen LogP contribution is -2.26. The Morgan fingerprint density at radius 2 is 2.10 bits per heavy atom. The molecular weight excluding hydrogens is 405 g/mol. The average Bonchev–Trinajstić information content (AvgIpc) is 2.74. The Bertz CT molecular complexity index is 579. The van der Waals surface area contributed by atoms with E-state index < -0.39 is 0 Å². The van der Waals surface area contributed by atoms with Gasteiger partial charge >= 0.3 is 0 Å². The Balaban J connectivity index is 2.50. The van der Waals surface area contributed by atoms with Crippen LogP contribution in [-0.2, 0) is 7.05 Å². The lowest BCUT2D eigenvalue weighted by Gasteiger charge is -2.21. The second kappa shape index (κ2) is 7.07. The van der Waals surface area contributed by atoms with E-state index in [4.69, 9.17) is 11.6 Å². The van der Waals surface area contributed by atoms with Crippen molar-refractivity contribution in [1.29, 1.82) is 0 Å². The zero-order chi connectivity index (χ0) is 14.7. The smallest absolute Gasteiger partial charge is 0.0771 e. The standard InChI is InChI=1S/C14H16Br2ClN3/c1-3-6-18-13(14-12(16)8-19-20(14)2)10-7-9(17)4-5-11(10)15/h4-5,7-8,13,18H,3,6H2,1-2H3. The van der Waals surface area contributed by atoms with Crippen molar-refractivity contribution >= 4 is 43.5 Å². The van der Waals surface area contributed by atoms with Gasteiger partial charge in [0.25, 0.3) is 0 Å². The van der Waals surface area contributed by atoms with Crippen LogP contribution in [0.25, 0.3) is 0 Å². The fraction of sp³-hybridized carbons (Fsp3) is 0.357. The van der Waals surface area contributed by atoms with E-state index in [9.17, 15) is 0 Å². The van der Waals surface area contributed by atoms with Gasteiger partial charge in [-0.1, -0.05) is 34.5 Å². The summed E-state index contributed by atoms with van der Waals surface area (Å²) >= 11 is 13.3. The van der Waals surface area contributed by atoms with Gasteiger partial charge in [-0.3, -0.25) is 4.68 Å². The van der Waals surface area contributed by atoms with Crippen molar-refractivity contribution in [2.75, 3.05) is 6.54 Å². The summed E-state index contributed by atoms with van der Waals surface area (Å²) < 4.78 is 3.90. The molecule has 0 spiro atoms. The molecule has 0 aliphatic heterocycles. The summed E-state index contributed by atoms with van der Waals surface area (Å²) in [5, 5.41) is 8.59. The Morgan fingerprint density at radius 3 is 2.70 bits per heavy atom. The monoisotopic (exact) mass is 419 g/mol. The summed E-state index contributed by atoms with van der Waals surface area (Å²) in [6.45, 7) is 3.07. The van der Waals surface area contributed by atoms with Crippen molar-refractivity contribution in [2.24, 2.45) is 7.05 Å². The predicted molar refractivity (Wildman–Crippen MR) is 90.2 cm³/mol. The normalized spacial score (nSPS) is 12.7. The van der Waals surface area contributed by atoms with E-state index in [1.807, 2.05) is 36.1 Å². The molecule has 0 bridgehead atoms. The molecule has 0 aliphatic rings. The minimum Gasteiger partial charge on any atom is -0.305 e. The summed E-state index contributed by atoms with van der Waals surface area (Å²) in [7, 11) is 1.94. The van der Waals surface area contributed by atoms with E-state index in [2.05, 4.69) is 49.2 Å². The predicted octanol–water partition coefficient (Wildman–Crippen LogP) is 4.69. The second-order valence-electron chi connectivity index (χ2n) is 4.55. The molecule has 2 rings (SSSR count). The topological polar surface area (TPSA) is 29.9 Å². The highest BCUT2D eigenvalue weighted by atomic mass is 79.9.